The molecule has 1 fully saturated rings. The summed E-state index contributed by atoms with van der Waals surface area (Å²) in [6.45, 7) is 0. The first-order chi connectivity index (χ1) is 9.06. The van der Waals surface area contributed by atoms with E-state index >= 15 is 0 Å². The lowest BCUT2D eigenvalue weighted by Crippen LogP contribution is -2.16. The Labute approximate surface area is 110 Å². The van der Waals surface area contributed by atoms with Crippen molar-refractivity contribution in [2.75, 3.05) is 5.32 Å². The van der Waals surface area contributed by atoms with Crippen molar-refractivity contribution >= 4 is 17.6 Å². The molecule has 1 aliphatic rings. The zero-order valence-corrected chi connectivity index (χ0v) is 10.5. The predicted octanol–water partition coefficient (Wildman–Crippen LogP) is 3.04. The van der Waals surface area contributed by atoms with Crippen LogP contribution in [0.2, 0.25) is 0 Å². The highest BCUT2D eigenvalue weighted by atomic mass is 19.1. The van der Waals surface area contributed by atoms with Gasteiger partial charge in [0.25, 0.3) is 0 Å². The number of hydrogen-bond donors (Lipinski definition) is 2. The van der Waals surface area contributed by atoms with Gasteiger partial charge in [-0.15, -0.1) is 0 Å². The first kappa shape index (κ1) is 13.5. The molecule has 2 N–H and O–H groups in total. The van der Waals surface area contributed by atoms with E-state index in [1.165, 1.54) is 6.07 Å². The fourth-order valence-corrected chi connectivity index (χ4v) is 2.43. The molecule has 1 amide bonds. The zero-order valence-electron chi connectivity index (χ0n) is 10.5. The summed E-state index contributed by atoms with van der Waals surface area (Å²) >= 11 is 0. The number of anilines is 1. The highest BCUT2D eigenvalue weighted by molar-refractivity contribution is 5.94. The predicted molar refractivity (Wildman–Crippen MR) is 68.6 cm³/mol. The minimum Gasteiger partial charge on any atom is -0.478 e. The fourth-order valence-electron chi connectivity index (χ4n) is 2.43. The summed E-state index contributed by atoms with van der Waals surface area (Å²) < 4.78 is 13.5. The number of carboxylic acid groups (broad SMARTS) is 1. The molecule has 0 heterocycles. The summed E-state index contributed by atoms with van der Waals surface area (Å²) in [5, 5.41) is 11.3. The Balaban J connectivity index is 2.02. The molecule has 0 spiro atoms. The van der Waals surface area contributed by atoms with E-state index in [-0.39, 0.29) is 17.2 Å². The van der Waals surface area contributed by atoms with Crippen LogP contribution in [0.15, 0.2) is 18.2 Å². The van der Waals surface area contributed by atoms with Crippen LogP contribution in [0.3, 0.4) is 0 Å². The Morgan fingerprint density at radius 2 is 2.00 bits per heavy atom. The van der Waals surface area contributed by atoms with Crippen LogP contribution in [0.1, 0.15) is 42.5 Å². The SMILES string of the molecule is O=C(CC1CCCC1)Nc1cc(C(=O)O)ccc1F. The molecule has 0 aliphatic heterocycles. The first-order valence-corrected chi connectivity index (χ1v) is 6.39. The molecule has 4 nitrogen and oxygen atoms in total. The van der Waals surface area contributed by atoms with E-state index in [1.807, 2.05) is 0 Å². The third-order valence-electron chi connectivity index (χ3n) is 3.44. The van der Waals surface area contributed by atoms with Crippen molar-refractivity contribution in [1.29, 1.82) is 0 Å². The molecule has 0 radical (unpaired) electrons. The molecule has 1 aromatic carbocycles. The smallest absolute Gasteiger partial charge is 0.335 e. The molecular weight excluding hydrogens is 249 g/mol. The van der Waals surface area contributed by atoms with Crippen LogP contribution in [0.25, 0.3) is 0 Å². The van der Waals surface area contributed by atoms with Crippen molar-refractivity contribution in [1.82, 2.24) is 0 Å². The molecule has 5 heteroatoms. The topological polar surface area (TPSA) is 66.4 Å². The van der Waals surface area contributed by atoms with E-state index < -0.39 is 11.8 Å². The number of aromatic carboxylic acids is 1. The maximum Gasteiger partial charge on any atom is 0.335 e. The average molecular weight is 265 g/mol. The van der Waals surface area contributed by atoms with Gasteiger partial charge < -0.3 is 10.4 Å². The van der Waals surface area contributed by atoms with Gasteiger partial charge in [0.05, 0.1) is 11.3 Å². The van der Waals surface area contributed by atoms with E-state index in [0.29, 0.717) is 12.3 Å². The van der Waals surface area contributed by atoms with E-state index in [1.54, 1.807) is 0 Å². The molecule has 1 saturated carbocycles. The van der Waals surface area contributed by atoms with Crippen molar-refractivity contribution in [3.8, 4) is 0 Å². The van der Waals surface area contributed by atoms with Gasteiger partial charge >= 0.3 is 5.97 Å². The number of hydrogen-bond acceptors (Lipinski definition) is 2. The van der Waals surface area contributed by atoms with E-state index in [2.05, 4.69) is 5.32 Å². The largest absolute Gasteiger partial charge is 0.478 e. The van der Waals surface area contributed by atoms with Crippen molar-refractivity contribution in [3.63, 3.8) is 0 Å². The highest BCUT2D eigenvalue weighted by Gasteiger charge is 2.19. The highest BCUT2D eigenvalue weighted by Crippen LogP contribution is 2.28. The summed E-state index contributed by atoms with van der Waals surface area (Å²) in [6.07, 6.45) is 4.72. The molecule has 19 heavy (non-hydrogen) atoms. The number of benzene rings is 1. The molecule has 2 rings (SSSR count). The summed E-state index contributed by atoms with van der Waals surface area (Å²) in [5.74, 6) is -1.66. The summed E-state index contributed by atoms with van der Waals surface area (Å²) in [5.41, 5.74) is -0.111. The number of carbonyl (C=O) groups is 2. The van der Waals surface area contributed by atoms with Crippen LogP contribution in [-0.4, -0.2) is 17.0 Å². The van der Waals surface area contributed by atoms with Crippen LogP contribution < -0.4 is 5.32 Å². The number of halogens is 1. The van der Waals surface area contributed by atoms with Crippen LogP contribution >= 0.6 is 0 Å². The lowest BCUT2D eigenvalue weighted by Gasteiger charge is -2.10. The number of rotatable bonds is 4. The molecule has 0 saturated heterocycles. The van der Waals surface area contributed by atoms with Gasteiger partial charge in [0.15, 0.2) is 0 Å². The molecule has 0 bridgehead atoms. The van der Waals surface area contributed by atoms with Gasteiger partial charge in [-0.25, -0.2) is 9.18 Å². The number of amides is 1. The standard InChI is InChI=1S/C14H16FNO3/c15-11-6-5-10(14(18)19)8-12(11)16-13(17)7-9-3-1-2-4-9/h5-6,8-9H,1-4,7H2,(H,16,17)(H,18,19). The molecule has 0 aromatic heterocycles. The second-order valence-electron chi connectivity index (χ2n) is 4.90. The number of nitrogens with one attached hydrogen (secondary N) is 1. The molecule has 0 unspecified atom stereocenters. The van der Waals surface area contributed by atoms with Crippen LogP contribution in [0.4, 0.5) is 10.1 Å². The minimum atomic E-state index is -1.15. The van der Waals surface area contributed by atoms with Gasteiger partial charge in [-0.3, -0.25) is 4.79 Å². The normalized spacial score (nSPS) is 15.4. The molecule has 0 atom stereocenters. The Bertz CT molecular complexity index is 495. The summed E-state index contributed by atoms with van der Waals surface area (Å²) in [4.78, 5) is 22.6. The van der Waals surface area contributed by atoms with Gasteiger partial charge in [0.2, 0.25) is 5.91 Å². The Kier molecular flexibility index (Phi) is 4.14. The van der Waals surface area contributed by atoms with Gasteiger partial charge in [0, 0.05) is 6.42 Å². The van der Waals surface area contributed by atoms with Crippen LogP contribution in [-0.2, 0) is 4.79 Å². The Hall–Kier alpha value is -1.91. The van der Waals surface area contributed by atoms with Crippen molar-refractivity contribution < 1.29 is 19.1 Å². The van der Waals surface area contributed by atoms with Gasteiger partial charge in [0.1, 0.15) is 5.82 Å². The third-order valence-corrected chi connectivity index (χ3v) is 3.44. The lowest BCUT2D eigenvalue weighted by atomic mass is 10.0. The second-order valence-corrected chi connectivity index (χ2v) is 4.90. The monoisotopic (exact) mass is 265 g/mol. The van der Waals surface area contributed by atoms with E-state index in [0.717, 1.165) is 37.8 Å². The first-order valence-electron chi connectivity index (χ1n) is 6.39. The quantitative estimate of drug-likeness (QED) is 0.879. The molecule has 1 aliphatic carbocycles. The second kappa shape index (κ2) is 5.82. The third kappa shape index (κ3) is 3.53. The molecule has 102 valence electrons. The molecule has 1 aromatic rings. The van der Waals surface area contributed by atoms with Crippen molar-refractivity contribution in [2.24, 2.45) is 5.92 Å². The van der Waals surface area contributed by atoms with Crippen LogP contribution in [0, 0.1) is 11.7 Å². The van der Waals surface area contributed by atoms with Crippen molar-refractivity contribution in [2.45, 2.75) is 32.1 Å². The zero-order chi connectivity index (χ0) is 13.8. The lowest BCUT2D eigenvalue weighted by molar-refractivity contribution is -0.117. The Morgan fingerprint density at radius 1 is 1.32 bits per heavy atom. The average Bonchev–Trinajstić information content (AvgIpc) is 2.84. The van der Waals surface area contributed by atoms with E-state index in [4.69, 9.17) is 5.11 Å². The summed E-state index contributed by atoms with van der Waals surface area (Å²) in [7, 11) is 0. The van der Waals surface area contributed by atoms with Gasteiger partial charge in [-0.2, -0.15) is 0 Å². The minimum absolute atomic E-state index is 0.0439. The van der Waals surface area contributed by atoms with Gasteiger partial charge in [-0.1, -0.05) is 12.8 Å². The maximum atomic E-state index is 13.5. The molecular formula is C14H16FNO3. The Morgan fingerprint density at radius 3 is 2.63 bits per heavy atom. The fraction of sp³-hybridized carbons (Fsp3) is 0.429. The maximum absolute atomic E-state index is 13.5. The summed E-state index contributed by atoms with van der Waals surface area (Å²) in [6, 6.07) is 3.36. The number of carbonyl (C=O) groups excluding carboxylic acids is 1. The van der Waals surface area contributed by atoms with Crippen molar-refractivity contribution in [3.05, 3.63) is 29.6 Å². The van der Waals surface area contributed by atoms with E-state index in [9.17, 15) is 14.0 Å². The number of carboxylic acids is 1. The van der Waals surface area contributed by atoms with Crippen LogP contribution in [0.5, 0.6) is 0 Å². The van der Waals surface area contributed by atoms with Gasteiger partial charge in [-0.05, 0) is 37.0 Å².